The van der Waals surface area contributed by atoms with Crippen LogP contribution in [-0.4, -0.2) is 34.7 Å². The summed E-state index contributed by atoms with van der Waals surface area (Å²) in [7, 11) is 0. The first-order valence-corrected chi connectivity index (χ1v) is 4.11. The van der Waals surface area contributed by atoms with Crippen LogP contribution >= 0.6 is 0 Å². The third kappa shape index (κ3) is 6.01. The van der Waals surface area contributed by atoms with Crippen molar-refractivity contribution in [3.05, 3.63) is 12.3 Å². The summed E-state index contributed by atoms with van der Waals surface area (Å²) in [5, 5.41) is 19.6. The highest BCUT2D eigenvalue weighted by atomic mass is 16.4. The van der Waals surface area contributed by atoms with E-state index >= 15 is 0 Å². The third-order valence-electron chi connectivity index (χ3n) is 1.57. The van der Waals surface area contributed by atoms with E-state index in [4.69, 9.17) is 15.9 Å². The Balaban J connectivity index is 3.89. The van der Waals surface area contributed by atoms with E-state index in [9.17, 15) is 9.59 Å². The van der Waals surface area contributed by atoms with Crippen molar-refractivity contribution in [1.29, 1.82) is 0 Å². The summed E-state index contributed by atoms with van der Waals surface area (Å²) >= 11 is 0. The largest absolute Gasteiger partial charge is 0.516 e. The first kappa shape index (κ1) is 12.4. The molecular weight excluding hydrogens is 188 g/mol. The molecule has 0 aromatic rings. The van der Waals surface area contributed by atoms with Crippen molar-refractivity contribution in [1.82, 2.24) is 5.32 Å². The van der Waals surface area contributed by atoms with Gasteiger partial charge in [0.15, 0.2) is 0 Å². The molecule has 0 saturated carbocycles. The van der Waals surface area contributed by atoms with Crippen molar-refractivity contribution in [2.75, 3.05) is 6.54 Å². The molecule has 0 radical (unpaired) electrons. The first-order valence-electron chi connectivity index (χ1n) is 4.11. The number of hydrogen-bond acceptors (Lipinski definition) is 4. The van der Waals surface area contributed by atoms with Crippen LogP contribution in [0.15, 0.2) is 12.3 Å². The third-order valence-corrected chi connectivity index (χ3v) is 1.57. The molecular formula is C8H14N2O4. The number of aliphatic carboxylic acids is 1. The fourth-order valence-corrected chi connectivity index (χ4v) is 0.862. The van der Waals surface area contributed by atoms with Gasteiger partial charge in [-0.25, -0.2) is 0 Å². The van der Waals surface area contributed by atoms with Crippen molar-refractivity contribution in [3.8, 4) is 0 Å². The van der Waals surface area contributed by atoms with E-state index in [-0.39, 0.29) is 19.4 Å². The molecule has 0 aromatic heterocycles. The number of carboxylic acid groups (broad SMARTS) is 1. The molecule has 5 N–H and O–H groups in total. The van der Waals surface area contributed by atoms with Gasteiger partial charge in [0.25, 0.3) is 0 Å². The lowest BCUT2D eigenvalue weighted by atomic mass is 10.1. The summed E-state index contributed by atoms with van der Waals surface area (Å²) in [4.78, 5) is 21.0. The monoisotopic (exact) mass is 202 g/mol. The average Bonchev–Trinajstić information content (AvgIpc) is 2.10. The smallest absolute Gasteiger partial charge is 0.320 e. The summed E-state index contributed by atoms with van der Waals surface area (Å²) in [6, 6.07) is -0.821. The first-order chi connectivity index (χ1) is 6.57. The summed E-state index contributed by atoms with van der Waals surface area (Å²) in [5.41, 5.74) is 4.88. The summed E-state index contributed by atoms with van der Waals surface area (Å²) in [6.07, 6.45) is 2.34. The number of rotatable bonds is 7. The Morgan fingerprint density at radius 2 is 2.14 bits per heavy atom. The average molecular weight is 202 g/mol. The zero-order chi connectivity index (χ0) is 11.0. The molecule has 0 spiro atoms. The van der Waals surface area contributed by atoms with E-state index in [1.807, 2.05) is 0 Å². The van der Waals surface area contributed by atoms with Gasteiger partial charge in [-0.15, -0.1) is 0 Å². The minimum atomic E-state index is -1.04. The fourth-order valence-electron chi connectivity index (χ4n) is 0.862. The molecule has 0 saturated heterocycles. The van der Waals surface area contributed by atoms with Crippen molar-refractivity contribution in [3.63, 3.8) is 0 Å². The zero-order valence-corrected chi connectivity index (χ0v) is 7.64. The van der Waals surface area contributed by atoms with Crippen LogP contribution < -0.4 is 11.1 Å². The second-order valence-corrected chi connectivity index (χ2v) is 2.69. The molecule has 1 unspecified atom stereocenters. The molecule has 0 heterocycles. The maximum Gasteiger partial charge on any atom is 0.320 e. The van der Waals surface area contributed by atoms with E-state index in [2.05, 4.69) is 5.32 Å². The van der Waals surface area contributed by atoms with E-state index < -0.39 is 17.9 Å². The number of hydrogen-bond donors (Lipinski definition) is 4. The number of amides is 1. The Morgan fingerprint density at radius 3 is 2.57 bits per heavy atom. The van der Waals surface area contributed by atoms with Gasteiger partial charge in [0.1, 0.15) is 6.04 Å². The Kier molecular flexibility index (Phi) is 6.13. The lowest BCUT2D eigenvalue weighted by Gasteiger charge is -2.11. The van der Waals surface area contributed by atoms with Crippen LogP contribution in [0, 0.1) is 0 Å². The Bertz CT molecular complexity index is 227. The number of carbonyl (C=O) groups excluding carboxylic acids is 1. The molecule has 0 fully saturated rings. The molecule has 1 atom stereocenters. The minimum Gasteiger partial charge on any atom is -0.516 e. The highest BCUT2D eigenvalue weighted by molar-refractivity contribution is 5.77. The maximum atomic E-state index is 10.6. The van der Waals surface area contributed by atoms with Crippen LogP contribution in [0.1, 0.15) is 12.8 Å². The highest BCUT2D eigenvalue weighted by Gasteiger charge is 2.16. The predicted octanol–water partition coefficient (Wildman–Crippen LogP) is -0.634. The number of nitrogens with two attached hydrogens (primary N) is 1. The topological polar surface area (TPSA) is 113 Å². The zero-order valence-electron chi connectivity index (χ0n) is 7.64. The second-order valence-electron chi connectivity index (χ2n) is 2.69. The molecule has 80 valence electrons. The highest BCUT2D eigenvalue weighted by Crippen LogP contribution is 1.96. The SMILES string of the molecule is NC(=O)CCC(NCC=CO)C(=O)O. The molecule has 6 heteroatoms. The summed E-state index contributed by atoms with van der Waals surface area (Å²) < 4.78 is 0. The Labute approximate surface area is 81.4 Å². The number of aliphatic hydroxyl groups excluding tert-OH is 1. The molecule has 0 bridgehead atoms. The Morgan fingerprint density at radius 1 is 1.50 bits per heavy atom. The molecule has 0 rings (SSSR count). The van der Waals surface area contributed by atoms with Gasteiger partial charge < -0.3 is 21.3 Å². The minimum absolute atomic E-state index is 0.0206. The van der Waals surface area contributed by atoms with Gasteiger partial charge in [-0.3, -0.25) is 9.59 Å². The van der Waals surface area contributed by atoms with Gasteiger partial charge >= 0.3 is 5.97 Å². The lowest BCUT2D eigenvalue weighted by Crippen LogP contribution is -2.37. The molecule has 14 heavy (non-hydrogen) atoms. The van der Waals surface area contributed by atoms with Crippen molar-refractivity contribution < 1.29 is 19.8 Å². The van der Waals surface area contributed by atoms with Crippen molar-refractivity contribution in [2.24, 2.45) is 5.73 Å². The summed E-state index contributed by atoms with van der Waals surface area (Å²) in [6.45, 7) is 0.228. The number of carboxylic acids is 1. The van der Waals surface area contributed by atoms with Gasteiger partial charge in [0.05, 0.1) is 6.26 Å². The molecule has 1 amide bonds. The molecule has 0 aliphatic heterocycles. The van der Waals surface area contributed by atoms with Gasteiger partial charge in [-0.2, -0.15) is 0 Å². The van der Waals surface area contributed by atoms with Crippen molar-refractivity contribution in [2.45, 2.75) is 18.9 Å². The molecule has 6 nitrogen and oxygen atoms in total. The second kappa shape index (κ2) is 6.90. The van der Waals surface area contributed by atoms with Crippen LogP contribution in [0.3, 0.4) is 0 Å². The van der Waals surface area contributed by atoms with E-state index in [0.29, 0.717) is 0 Å². The molecule has 0 aromatic carbocycles. The fraction of sp³-hybridized carbons (Fsp3) is 0.500. The number of nitrogens with one attached hydrogen (secondary N) is 1. The van der Waals surface area contributed by atoms with E-state index in [1.54, 1.807) is 0 Å². The maximum absolute atomic E-state index is 10.6. The molecule has 0 aliphatic carbocycles. The Hall–Kier alpha value is -1.56. The quantitative estimate of drug-likeness (QED) is 0.410. The summed E-state index contributed by atoms with van der Waals surface area (Å²) in [5.74, 6) is -1.58. The van der Waals surface area contributed by atoms with Crippen LogP contribution in [0.5, 0.6) is 0 Å². The van der Waals surface area contributed by atoms with E-state index in [0.717, 1.165) is 6.26 Å². The standard InChI is InChI=1S/C8H14N2O4/c9-7(12)3-2-6(8(13)14)10-4-1-5-11/h1,5-6,10-11H,2-4H2,(H2,9,12)(H,13,14). The number of primary amides is 1. The number of aliphatic hydroxyl groups is 1. The van der Waals surface area contributed by atoms with Crippen LogP contribution in [0.25, 0.3) is 0 Å². The van der Waals surface area contributed by atoms with Crippen LogP contribution in [0.4, 0.5) is 0 Å². The van der Waals surface area contributed by atoms with Gasteiger partial charge in [0, 0.05) is 13.0 Å². The van der Waals surface area contributed by atoms with Gasteiger partial charge in [-0.05, 0) is 12.5 Å². The van der Waals surface area contributed by atoms with Crippen molar-refractivity contribution >= 4 is 11.9 Å². The lowest BCUT2D eigenvalue weighted by molar-refractivity contribution is -0.139. The predicted molar refractivity (Wildman–Crippen MR) is 49.6 cm³/mol. The number of carbonyl (C=O) groups is 2. The van der Waals surface area contributed by atoms with Gasteiger partial charge in [-0.1, -0.05) is 0 Å². The van der Waals surface area contributed by atoms with Crippen LogP contribution in [-0.2, 0) is 9.59 Å². The van der Waals surface area contributed by atoms with E-state index in [1.165, 1.54) is 6.08 Å². The van der Waals surface area contributed by atoms with Crippen LogP contribution in [0.2, 0.25) is 0 Å². The van der Waals surface area contributed by atoms with Gasteiger partial charge in [0.2, 0.25) is 5.91 Å². The normalized spacial score (nSPS) is 12.9. The molecule has 0 aliphatic rings.